The summed E-state index contributed by atoms with van der Waals surface area (Å²) in [5.41, 5.74) is -0.851. The molecule has 0 aromatic carbocycles. The SMILES string of the molecule is CCSc1nnc(S[C@H](C)C(=O)N[C@](C)(C#N)C(C)C)s1. The normalized spacial score (nSPS) is 15.3. The Morgan fingerprint density at radius 1 is 1.43 bits per heavy atom. The summed E-state index contributed by atoms with van der Waals surface area (Å²) in [6.45, 7) is 9.45. The number of carbonyl (C=O) groups excluding carboxylic acids is 1. The third-order valence-corrected chi connectivity index (χ3v) is 6.20. The average Bonchev–Trinajstić information content (AvgIpc) is 2.86. The van der Waals surface area contributed by atoms with E-state index in [2.05, 4.69) is 28.5 Å². The lowest BCUT2D eigenvalue weighted by Gasteiger charge is -2.28. The molecule has 0 bridgehead atoms. The standard InChI is InChI=1S/C13H20N4OS3/c1-6-19-11-16-17-12(21-11)20-9(4)10(18)15-13(5,7-14)8(2)3/h8-9H,6H2,1-5H3,(H,15,18)/t9-,13-/m1/s1. The van der Waals surface area contributed by atoms with E-state index in [1.165, 1.54) is 23.1 Å². The van der Waals surface area contributed by atoms with Crippen LogP contribution in [0.4, 0.5) is 0 Å². The molecule has 0 saturated carbocycles. The van der Waals surface area contributed by atoms with Crippen LogP contribution < -0.4 is 5.32 Å². The summed E-state index contributed by atoms with van der Waals surface area (Å²) in [6, 6.07) is 2.18. The molecule has 0 aliphatic carbocycles. The van der Waals surface area contributed by atoms with Crippen molar-refractivity contribution in [3.05, 3.63) is 0 Å². The van der Waals surface area contributed by atoms with Gasteiger partial charge in [0, 0.05) is 0 Å². The number of nitrogens with zero attached hydrogens (tertiary/aromatic N) is 3. The molecule has 0 saturated heterocycles. The number of hydrogen-bond donors (Lipinski definition) is 1. The maximum absolute atomic E-state index is 12.2. The molecule has 0 aliphatic heterocycles. The molecule has 1 N–H and O–H groups in total. The molecular weight excluding hydrogens is 324 g/mol. The molecule has 0 aliphatic rings. The van der Waals surface area contributed by atoms with Crippen molar-refractivity contribution in [2.24, 2.45) is 5.92 Å². The van der Waals surface area contributed by atoms with Crippen LogP contribution in [0.3, 0.4) is 0 Å². The van der Waals surface area contributed by atoms with Crippen LogP contribution in [0.1, 0.15) is 34.6 Å². The molecular formula is C13H20N4OS3. The van der Waals surface area contributed by atoms with E-state index in [4.69, 9.17) is 0 Å². The van der Waals surface area contributed by atoms with Crippen LogP contribution >= 0.6 is 34.9 Å². The Hall–Kier alpha value is -0.780. The van der Waals surface area contributed by atoms with Gasteiger partial charge in [-0.15, -0.1) is 10.2 Å². The first-order chi connectivity index (χ1) is 9.82. The monoisotopic (exact) mass is 344 g/mol. The molecule has 1 aromatic rings. The topological polar surface area (TPSA) is 78.7 Å². The van der Waals surface area contributed by atoms with Gasteiger partial charge in [0.1, 0.15) is 5.54 Å². The van der Waals surface area contributed by atoms with Crippen LogP contribution in [-0.4, -0.2) is 32.6 Å². The fourth-order valence-electron chi connectivity index (χ4n) is 1.29. The zero-order chi connectivity index (χ0) is 16.0. The van der Waals surface area contributed by atoms with E-state index in [0.717, 1.165) is 14.4 Å². The molecule has 1 heterocycles. The number of aromatic nitrogens is 2. The first-order valence-electron chi connectivity index (χ1n) is 6.68. The quantitative estimate of drug-likeness (QED) is 0.765. The van der Waals surface area contributed by atoms with Gasteiger partial charge in [0.15, 0.2) is 8.68 Å². The van der Waals surface area contributed by atoms with Crippen molar-refractivity contribution in [2.45, 2.75) is 54.1 Å². The summed E-state index contributed by atoms with van der Waals surface area (Å²) in [4.78, 5) is 12.2. The Labute approximate surface area is 138 Å². The van der Waals surface area contributed by atoms with Crippen molar-refractivity contribution in [1.82, 2.24) is 15.5 Å². The zero-order valence-corrected chi connectivity index (χ0v) is 15.3. The van der Waals surface area contributed by atoms with Crippen LogP contribution in [0.2, 0.25) is 0 Å². The van der Waals surface area contributed by atoms with E-state index in [0.29, 0.717) is 0 Å². The van der Waals surface area contributed by atoms with E-state index in [-0.39, 0.29) is 17.1 Å². The van der Waals surface area contributed by atoms with Gasteiger partial charge in [-0.3, -0.25) is 4.79 Å². The largest absolute Gasteiger partial charge is 0.337 e. The number of amides is 1. The second kappa shape index (κ2) is 8.01. The zero-order valence-electron chi connectivity index (χ0n) is 12.8. The molecule has 0 spiro atoms. The van der Waals surface area contributed by atoms with Gasteiger partial charge in [0.05, 0.1) is 11.3 Å². The average molecular weight is 345 g/mol. The fraction of sp³-hybridized carbons (Fsp3) is 0.692. The van der Waals surface area contributed by atoms with E-state index >= 15 is 0 Å². The number of rotatable bonds is 7. The molecule has 0 unspecified atom stereocenters. The van der Waals surface area contributed by atoms with Crippen molar-refractivity contribution in [2.75, 3.05) is 5.75 Å². The molecule has 21 heavy (non-hydrogen) atoms. The van der Waals surface area contributed by atoms with Gasteiger partial charge in [0.2, 0.25) is 5.91 Å². The van der Waals surface area contributed by atoms with E-state index in [9.17, 15) is 10.1 Å². The van der Waals surface area contributed by atoms with E-state index in [1.807, 2.05) is 20.8 Å². The summed E-state index contributed by atoms with van der Waals surface area (Å²) in [7, 11) is 0. The Morgan fingerprint density at radius 3 is 2.57 bits per heavy atom. The van der Waals surface area contributed by atoms with Gasteiger partial charge in [-0.1, -0.05) is 55.6 Å². The van der Waals surface area contributed by atoms with Gasteiger partial charge in [-0.25, -0.2) is 0 Å². The minimum absolute atomic E-state index is 0.0396. The summed E-state index contributed by atoms with van der Waals surface area (Å²) < 4.78 is 1.69. The number of thioether (sulfide) groups is 2. The summed E-state index contributed by atoms with van der Waals surface area (Å²) >= 11 is 4.50. The number of carbonyl (C=O) groups is 1. The smallest absolute Gasteiger partial charge is 0.234 e. The third kappa shape index (κ3) is 5.16. The number of hydrogen-bond acceptors (Lipinski definition) is 7. The van der Waals surface area contributed by atoms with Crippen molar-refractivity contribution in [3.63, 3.8) is 0 Å². The number of nitrogens with one attached hydrogen (secondary N) is 1. The highest BCUT2D eigenvalue weighted by atomic mass is 32.2. The van der Waals surface area contributed by atoms with Crippen molar-refractivity contribution in [1.29, 1.82) is 5.26 Å². The van der Waals surface area contributed by atoms with Gasteiger partial charge in [0.25, 0.3) is 0 Å². The first kappa shape index (κ1) is 18.3. The van der Waals surface area contributed by atoms with Gasteiger partial charge >= 0.3 is 0 Å². The predicted molar refractivity (Wildman–Crippen MR) is 88.6 cm³/mol. The minimum Gasteiger partial charge on any atom is -0.337 e. The summed E-state index contributed by atoms with van der Waals surface area (Å²) in [5.74, 6) is 0.833. The lowest BCUT2D eigenvalue weighted by molar-refractivity contribution is -0.121. The Bertz CT molecular complexity index is 526. The molecule has 8 heteroatoms. The molecule has 116 valence electrons. The second-order valence-corrected chi connectivity index (χ2v) is 9.06. The molecule has 5 nitrogen and oxygen atoms in total. The maximum Gasteiger partial charge on any atom is 0.234 e. The maximum atomic E-state index is 12.2. The second-order valence-electron chi connectivity index (χ2n) is 4.99. The van der Waals surface area contributed by atoms with Crippen molar-refractivity contribution in [3.8, 4) is 6.07 Å². The van der Waals surface area contributed by atoms with Crippen LogP contribution in [0.25, 0.3) is 0 Å². The van der Waals surface area contributed by atoms with E-state index < -0.39 is 5.54 Å². The minimum atomic E-state index is -0.851. The molecule has 0 fully saturated rings. The van der Waals surface area contributed by atoms with Crippen LogP contribution in [0.15, 0.2) is 8.68 Å². The lowest BCUT2D eigenvalue weighted by atomic mass is 9.90. The molecule has 1 aromatic heterocycles. The third-order valence-electron chi connectivity index (χ3n) is 3.07. The summed E-state index contributed by atoms with van der Waals surface area (Å²) in [6.07, 6.45) is 0. The van der Waals surface area contributed by atoms with Crippen LogP contribution in [0, 0.1) is 17.2 Å². The van der Waals surface area contributed by atoms with Gasteiger partial charge in [-0.2, -0.15) is 5.26 Å². The van der Waals surface area contributed by atoms with E-state index in [1.54, 1.807) is 18.7 Å². The Kier molecular flexibility index (Phi) is 6.97. The van der Waals surface area contributed by atoms with Gasteiger partial charge < -0.3 is 5.32 Å². The van der Waals surface area contributed by atoms with Crippen molar-refractivity contribution >= 4 is 40.8 Å². The highest BCUT2D eigenvalue weighted by molar-refractivity contribution is 8.03. The molecule has 2 atom stereocenters. The fourth-order valence-corrected chi connectivity index (χ4v) is 4.35. The number of nitriles is 1. The summed E-state index contributed by atoms with van der Waals surface area (Å²) in [5, 5.41) is 19.9. The van der Waals surface area contributed by atoms with Crippen LogP contribution in [0.5, 0.6) is 0 Å². The lowest BCUT2D eigenvalue weighted by Crippen LogP contribution is -2.51. The Morgan fingerprint density at radius 2 is 2.05 bits per heavy atom. The van der Waals surface area contributed by atoms with Gasteiger partial charge in [-0.05, 0) is 25.5 Å². The van der Waals surface area contributed by atoms with Crippen LogP contribution in [-0.2, 0) is 4.79 Å². The Balaban J connectivity index is 2.64. The molecule has 1 amide bonds. The molecule has 0 radical (unpaired) electrons. The predicted octanol–water partition coefficient (Wildman–Crippen LogP) is 3.19. The van der Waals surface area contributed by atoms with Crippen molar-refractivity contribution < 1.29 is 4.79 Å². The first-order valence-corrected chi connectivity index (χ1v) is 9.36. The highest BCUT2D eigenvalue weighted by Gasteiger charge is 2.32. The molecule has 1 rings (SSSR count). The highest BCUT2D eigenvalue weighted by Crippen LogP contribution is 2.31.